The maximum absolute atomic E-state index is 5.99. The molecule has 2 nitrogen and oxygen atoms in total. The molecule has 0 N–H and O–H groups in total. The van der Waals surface area contributed by atoms with Crippen molar-refractivity contribution in [2.45, 2.75) is 90.8 Å². The molecule has 0 heterocycles. The Hall–Kier alpha value is -1.77. The van der Waals surface area contributed by atoms with Crippen LogP contribution in [-0.4, -0.2) is 25.7 Å². The van der Waals surface area contributed by atoms with E-state index in [9.17, 15) is 0 Å². The molecule has 0 atom stereocenters. The quantitative estimate of drug-likeness (QED) is 0.0596. The minimum atomic E-state index is -1.71. The molecule has 0 saturated carbocycles. The second-order valence-electron chi connectivity index (χ2n) is 10.7. The first-order valence-electron chi connectivity index (χ1n) is 15.7. The minimum absolute atomic E-state index is 0. The van der Waals surface area contributed by atoms with E-state index in [0.717, 1.165) is 45.3 Å². The number of unbranched alkanes of at least 4 members (excludes halogenated alkanes) is 6. The fourth-order valence-electron chi connectivity index (χ4n) is 5.25. The number of benzene rings is 3. The average molecular weight is 640 g/mol. The second kappa shape index (κ2) is 21.9. The third-order valence-electron chi connectivity index (χ3n) is 7.54. The van der Waals surface area contributed by atoms with Crippen molar-refractivity contribution in [3.8, 4) is 0 Å². The maximum atomic E-state index is 5.99. The van der Waals surface area contributed by atoms with Gasteiger partial charge in [-0.2, -0.15) is 0 Å². The van der Waals surface area contributed by atoms with Gasteiger partial charge in [0, 0.05) is 13.2 Å². The van der Waals surface area contributed by atoms with Crippen LogP contribution in [0, 0.1) is 0 Å². The highest BCUT2D eigenvalue weighted by molar-refractivity contribution is 7.95. The molecule has 0 aliphatic heterocycles. The monoisotopic (exact) mass is 638 g/mol. The van der Waals surface area contributed by atoms with E-state index in [2.05, 4.69) is 117 Å². The molecule has 3 aromatic rings. The molecule has 0 saturated heterocycles. The first-order chi connectivity index (χ1) is 19.8. The molecule has 3 aromatic carbocycles. The Bertz CT molecular complexity index is 936. The Balaban J connectivity index is 0.00000588. The highest BCUT2D eigenvalue weighted by Crippen LogP contribution is 2.55. The van der Waals surface area contributed by atoms with E-state index in [0.29, 0.717) is 0 Å². The van der Waals surface area contributed by atoms with Crippen molar-refractivity contribution < 1.29 is 26.5 Å². The summed E-state index contributed by atoms with van der Waals surface area (Å²) in [5.74, 6) is 0. The Kier molecular flexibility index (Phi) is 18.9. The third kappa shape index (κ3) is 12.2. The number of hydrogen-bond acceptors (Lipinski definition) is 2. The van der Waals surface area contributed by atoms with Crippen LogP contribution >= 0.6 is 7.26 Å². The van der Waals surface area contributed by atoms with Gasteiger partial charge in [0.05, 0.1) is 6.16 Å². The van der Waals surface area contributed by atoms with Gasteiger partial charge < -0.3 is 26.5 Å². The number of rotatable bonds is 21. The van der Waals surface area contributed by atoms with E-state index in [1.54, 1.807) is 0 Å². The summed E-state index contributed by atoms with van der Waals surface area (Å²) in [7, 11) is -1.71. The standard InChI is InChI=1S/C37H52O2P.BrH/c1-3-5-31-38-37(39-32-6-4-2)30-22-11-9-7-8-10-12-23-33-40(34-24-16-13-17-25-34,35-26-18-14-19-27-35)36-28-20-15-21-29-36;/h8,10,13-21,24-29,37H,3-7,9,11-12,22-23,30-33H2,1-2H3;1H/q+1;/p-1/b10-8+;. The summed E-state index contributed by atoms with van der Waals surface area (Å²) in [6.07, 6.45) is 18.7. The van der Waals surface area contributed by atoms with E-state index in [1.807, 2.05) is 0 Å². The van der Waals surface area contributed by atoms with E-state index >= 15 is 0 Å². The number of hydrogen-bond donors (Lipinski definition) is 0. The van der Waals surface area contributed by atoms with Gasteiger partial charge >= 0.3 is 0 Å². The van der Waals surface area contributed by atoms with Crippen molar-refractivity contribution >= 4 is 23.2 Å². The topological polar surface area (TPSA) is 18.5 Å². The Labute approximate surface area is 262 Å². The van der Waals surface area contributed by atoms with Crippen molar-refractivity contribution in [3.05, 3.63) is 103 Å². The van der Waals surface area contributed by atoms with Crippen LogP contribution in [-0.2, 0) is 9.47 Å². The molecule has 0 aliphatic carbocycles. The normalized spacial score (nSPS) is 11.7. The largest absolute Gasteiger partial charge is 1.00 e. The van der Waals surface area contributed by atoms with Crippen molar-refractivity contribution in [2.24, 2.45) is 0 Å². The molecule has 0 unspecified atom stereocenters. The first-order valence-corrected chi connectivity index (χ1v) is 17.7. The fourth-order valence-corrected chi connectivity index (χ4v) is 9.62. The van der Waals surface area contributed by atoms with Crippen molar-refractivity contribution in [2.75, 3.05) is 19.4 Å². The molecular weight excluding hydrogens is 587 g/mol. The third-order valence-corrected chi connectivity index (χ3v) is 12.1. The Morgan fingerprint density at radius 1 is 0.561 bits per heavy atom. The van der Waals surface area contributed by atoms with E-state index in [1.165, 1.54) is 60.6 Å². The minimum Gasteiger partial charge on any atom is -1.00 e. The van der Waals surface area contributed by atoms with E-state index < -0.39 is 7.26 Å². The number of allylic oxidation sites excluding steroid dienone is 2. The zero-order valence-electron chi connectivity index (χ0n) is 25.4. The fraction of sp³-hybridized carbons (Fsp3) is 0.459. The van der Waals surface area contributed by atoms with Crippen LogP contribution in [0.2, 0.25) is 0 Å². The van der Waals surface area contributed by atoms with Crippen LogP contribution in [0.25, 0.3) is 0 Å². The highest BCUT2D eigenvalue weighted by Gasteiger charge is 2.44. The zero-order valence-corrected chi connectivity index (χ0v) is 27.9. The Morgan fingerprint density at radius 3 is 1.44 bits per heavy atom. The first kappa shape index (κ1) is 35.4. The summed E-state index contributed by atoms with van der Waals surface area (Å²) in [4.78, 5) is 0. The average Bonchev–Trinajstić information content (AvgIpc) is 3.01. The van der Waals surface area contributed by atoms with Gasteiger partial charge in [0.15, 0.2) is 6.29 Å². The molecule has 0 aliphatic rings. The molecule has 224 valence electrons. The van der Waals surface area contributed by atoms with E-state index in [-0.39, 0.29) is 23.3 Å². The second-order valence-corrected chi connectivity index (χ2v) is 14.3. The SMILES string of the molecule is CCCCOC(CCCCC/C=C/CCC[P+](c1ccccc1)(c1ccccc1)c1ccccc1)OCCCC.[Br-]. The van der Waals surface area contributed by atoms with Crippen LogP contribution in [0.15, 0.2) is 103 Å². The smallest absolute Gasteiger partial charge is 0.157 e. The van der Waals surface area contributed by atoms with Crippen LogP contribution in [0.3, 0.4) is 0 Å². The summed E-state index contributed by atoms with van der Waals surface area (Å²) < 4.78 is 12.0. The lowest BCUT2D eigenvalue weighted by molar-refractivity contribution is -0.147. The highest BCUT2D eigenvalue weighted by atomic mass is 79.9. The molecule has 0 spiro atoms. The van der Waals surface area contributed by atoms with Crippen LogP contribution in [0.5, 0.6) is 0 Å². The van der Waals surface area contributed by atoms with Gasteiger partial charge in [-0.3, -0.25) is 0 Å². The van der Waals surface area contributed by atoms with Gasteiger partial charge in [-0.25, -0.2) is 0 Å². The van der Waals surface area contributed by atoms with Crippen molar-refractivity contribution in [3.63, 3.8) is 0 Å². The van der Waals surface area contributed by atoms with Crippen LogP contribution < -0.4 is 32.9 Å². The predicted molar refractivity (Wildman–Crippen MR) is 177 cm³/mol. The molecule has 0 fully saturated rings. The van der Waals surface area contributed by atoms with E-state index in [4.69, 9.17) is 9.47 Å². The molecule has 3 rings (SSSR count). The number of ether oxygens (including phenoxy) is 2. The molecule has 0 bridgehead atoms. The lowest BCUT2D eigenvalue weighted by Crippen LogP contribution is -3.00. The van der Waals surface area contributed by atoms with Gasteiger partial charge in [0.2, 0.25) is 0 Å². The summed E-state index contributed by atoms with van der Waals surface area (Å²) >= 11 is 0. The van der Waals surface area contributed by atoms with Gasteiger partial charge in [0.25, 0.3) is 0 Å². The lowest BCUT2D eigenvalue weighted by Gasteiger charge is -2.27. The van der Waals surface area contributed by atoms with Crippen molar-refractivity contribution in [1.29, 1.82) is 0 Å². The van der Waals surface area contributed by atoms with Gasteiger partial charge in [0.1, 0.15) is 23.2 Å². The molecule has 0 amide bonds. The Morgan fingerprint density at radius 2 is 1.00 bits per heavy atom. The summed E-state index contributed by atoms with van der Waals surface area (Å²) in [5, 5.41) is 4.44. The summed E-state index contributed by atoms with van der Waals surface area (Å²) in [6, 6.07) is 33.7. The van der Waals surface area contributed by atoms with Gasteiger partial charge in [-0.05, 0) is 87.8 Å². The lowest BCUT2D eigenvalue weighted by atomic mass is 10.1. The van der Waals surface area contributed by atoms with Crippen molar-refractivity contribution in [1.82, 2.24) is 0 Å². The molecule has 4 heteroatoms. The maximum Gasteiger partial charge on any atom is 0.157 e. The summed E-state index contributed by atoms with van der Waals surface area (Å²) in [6.45, 7) is 6.05. The zero-order chi connectivity index (χ0) is 28.1. The molecule has 0 radical (unpaired) electrons. The van der Waals surface area contributed by atoms with Gasteiger partial charge in [-0.1, -0.05) is 99.9 Å². The van der Waals surface area contributed by atoms with Crippen LogP contribution in [0.4, 0.5) is 0 Å². The summed E-state index contributed by atoms with van der Waals surface area (Å²) in [5.41, 5.74) is 0. The predicted octanol–water partition coefficient (Wildman–Crippen LogP) is 6.23. The number of halogens is 1. The molecular formula is C37H52BrO2P. The van der Waals surface area contributed by atoms with Crippen LogP contribution in [0.1, 0.15) is 84.5 Å². The molecule has 41 heavy (non-hydrogen) atoms. The molecule has 0 aromatic heterocycles. The van der Waals surface area contributed by atoms with Gasteiger partial charge in [-0.15, -0.1) is 0 Å².